The molecular formula is C21H27N3O4. The van der Waals surface area contributed by atoms with Crippen molar-refractivity contribution in [3.8, 4) is 0 Å². The van der Waals surface area contributed by atoms with E-state index in [1.165, 1.54) is 0 Å². The zero-order chi connectivity index (χ0) is 20.4. The van der Waals surface area contributed by atoms with E-state index >= 15 is 0 Å². The van der Waals surface area contributed by atoms with E-state index in [1.807, 2.05) is 13.8 Å². The molecule has 7 nitrogen and oxygen atoms in total. The maximum atomic E-state index is 13.1. The van der Waals surface area contributed by atoms with E-state index in [9.17, 15) is 19.2 Å². The van der Waals surface area contributed by atoms with Crippen molar-refractivity contribution in [3.63, 3.8) is 0 Å². The summed E-state index contributed by atoms with van der Waals surface area (Å²) in [5.74, 6) is -0.946. The Morgan fingerprint density at radius 1 is 1.07 bits per heavy atom. The number of carbonyl (C=O) groups is 4. The topological polar surface area (TPSA) is 86.8 Å². The molecule has 1 fully saturated rings. The van der Waals surface area contributed by atoms with Crippen molar-refractivity contribution in [2.75, 3.05) is 13.1 Å². The molecule has 1 aromatic rings. The summed E-state index contributed by atoms with van der Waals surface area (Å²) in [6.45, 7) is 6.66. The van der Waals surface area contributed by atoms with Gasteiger partial charge in [-0.15, -0.1) is 0 Å². The molecule has 2 heterocycles. The second kappa shape index (κ2) is 8.12. The summed E-state index contributed by atoms with van der Waals surface area (Å²) in [6.07, 6.45) is 1.74. The SMILES string of the molecule is CC(=O)N1CCC(NC(=O)C(CC(C)C)N2C(=O)c3ccccc3C2=O)CC1. The molecule has 0 aliphatic carbocycles. The van der Waals surface area contributed by atoms with Crippen molar-refractivity contribution in [2.24, 2.45) is 5.92 Å². The molecule has 3 rings (SSSR count). The third kappa shape index (κ3) is 3.93. The molecule has 28 heavy (non-hydrogen) atoms. The average molecular weight is 385 g/mol. The van der Waals surface area contributed by atoms with E-state index in [0.717, 1.165) is 4.90 Å². The number of piperidine rings is 1. The van der Waals surface area contributed by atoms with Crippen LogP contribution < -0.4 is 5.32 Å². The monoisotopic (exact) mass is 385 g/mol. The number of likely N-dealkylation sites (tertiary alicyclic amines) is 1. The highest BCUT2D eigenvalue weighted by Crippen LogP contribution is 2.27. The Kier molecular flexibility index (Phi) is 5.82. The fraction of sp³-hybridized carbons (Fsp3) is 0.524. The molecule has 150 valence electrons. The van der Waals surface area contributed by atoms with Gasteiger partial charge in [-0.1, -0.05) is 26.0 Å². The Bertz CT molecular complexity index is 762. The lowest BCUT2D eigenvalue weighted by Crippen LogP contribution is -2.54. The minimum Gasteiger partial charge on any atom is -0.351 e. The molecule has 2 aliphatic heterocycles. The maximum absolute atomic E-state index is 13.1. The molecule has 0 radical (unpaired) electrons. The Labute approximate surface area is 165 Å². The standard InChI is InChI=1S/C21H27N3O4/c1-13(2)12-18(19(26)22-15-8-10-23(11-9-15)14(3)25)24-20(27)16-6-4-5-7-17(16)21(24)28/h4-7,13,15,18H,8-12H2,1-3H3,(H,22,26). The van der Waals surface area contributed by atoms with E-state index in [4.69, 9.17) is 0 Å². The van der Waals surface area contributed by atoms with Crippen LogP contribution in [-0.4, -0.2) is 58.6 Å². The van der Waals surface area contributed by atoms with Crippen LogP contribution >= 0.6 is 0 Å². The van der Waals surface area contributed by atoms with E-state index in [1.54, 1.807) is 36.1 Å². The van der Waals surface area contributed by atoms with Crippen LogP contribution in [0.15, 0.2) is 24.3 Å². The summed E-state index contributed by atoms with van der Waals surface area (Å²) in [7, 11) is 0. The van der Waals surface area contributed by atoms with Crippen LogP contribution in [0.1, 0.15) is 60.7 Å². The van der Waals surface area contributed by atoms with E-state index in [-0.39, 0.29) is 23.8 Å². The maximum Gasteiger partial charge on any atom is 0.262 e. The predicted octanol–water partition coefficient (Wildman–Crippen LogP) is 1.82. The molecule has 0 aromatic heterocycles. The first kappa shape index (κ1) is 20.0. The molecule has 4 amide bonds. The first-order valence-electron chi connectivity index (χ1n) is 9.82. The van der Waals surface area contributed by atoms with Gasteiger partial charge in [0.1, 0.15) is 6.04 Å². The van der Waals surface area contributed by atoms with Gasteiger partial charge in [0.25, 0.3) is 11.8 Å². The second-order valence-electron chi connectivity index (χ2n) is 7.96. The lowest BCUT2D eigenvalue weighted by Gasteiger charge is -2.34. The van der Waals surface area contributed by atoms with Crippen LogP contribution in [0.2, 0.25) is 0 Å². The minimum absolute atomic E-state index is 0.0356. The Hall–Kier alpha value is -2.70. The zero-order valence-electron chi connectivity index (χ0n) is 16.6. The smallest absolute Gasteiger partial charge is 0.262 e. The predicted molar refractivity (Wildman–Crippen MR) is 104 cm³/mol. The largest absolute Gasteiger partial charge is 0.351 e. The zero-order valence-corrected chi connectivity index (χ0v) is 16.6. The number of carbonyl (C=O) groups excluding carboxylic acids is 4. The van der Waals surface area contributed by atoms with Gasteiger partial charge < -0.3 is 10.2 Å². The van der Waals surface area contributed by atoms with Crippen LogP contribution in [0.25, 0.3) is 0 Å². The number of nitrogens with zero attached hydrogens (tertiary/aromatic N) is 2. The summed E-state index contributed by atoms with van der Waals surface area (Å²) < 4.78 is 0. The van der Waals surface area contributed by atoms with Gasteiger partial charge in [0, 0.05) is 26.1 Å². The normalized spacial score (nSPS) is 18.4. The van der Waals surface area contributed by atoms with Crippen molar-refractivity contribution in [1.82, 2.24) is 15.1 Å². The molecule has 0 saturated carbocycles. The molecule has 1 unspecified atom stereocenters. The van der Waals surface area contributed by atoms with Crippen molar-refractivity contribution < 1.29 is 19.2 Å². The Morgan fingerprint density at radius 3 is 2.07 bits per heavy atom. The number of imide groups is 1. The van der Waals surface area contributed by atoms with Crippen molar-refractivity contribution in [3.05, 3.63) is 35.4 Å². The summed E-state index contributed by atoms with van der Waals surface area (Å²) in [4.78, 5) is 53.1. The lowest BCUT2D eigenvalue weighted by molar-refractivity contribution is -0.130. The molecule has 1 atom stereocenters. The first-order valence-corrected chi connectivity index (χ1v) is 9.82. The van der Waals surface area contributed by atoms with Gasteiger partial charge in [-0.3, -0.25) is 24.1 Å². The summed E-state index contributed by atoms with van der Waals surface area (Å²) in [5, 5.41) is 3.01. The third-order valence-corrected chi connectivity index (χ3v) is 5.42. The van der Waals surface area contributed by atoms with Gasteiger partial charge in [-0.05, 0) is 37.3 Å². The number of amides is 4. The molecule has 1 N–H and O–H groups in total. The van der Waals surface area contributed by atoms with E-state index < -0.39 is 17.9 Å². The molecule has 1 saturated heterocycles. The summed E-state index contributed by atoms with van der Waals surface area (Å²) in [6, 6.07) is 5.78. The highest BCUT2D eigenvalue weighted by Gasteiger charge is 2.43. The number of hydrogen-bond acceptors (Lipinski definition) is 4. The molecule has 0 bridgehead atoms. The average Bonchev–Trinajstić information content (AvgIpc) is 2.91. The Morgan fingerprint density at radius 2 is 1.61 bits per heavy atom. The van der Waals surface area contributed by atoms with Gasteiger partial charge in [-0.25, -0.2) is 0 Å². The first-order chi connectivity index (χ1) is 13.3. The third-order valence-electron chi connectivity index (χ3n) is 5.42. The van der Waals surface area contributed by atoms with Gasteiger partial charge in [0.05, 0.1) is 11.1 Å². The van der Waals surface area contributed by atoms with Crippen LogP contribution in [0.3, 0.4) is 0 Å². The second-order valence-corrected chi connectivity index (χ2v) is 7.96. The highest BCUT2D eigenvalue weighted by molar-refractivity contribution is 6.22. The van der Waals surface area contributed by atoms with Crippen LogP contribution in [0.4, 0.5) is 0 Å². The summed E-state index contributed by atoms with van der Waals surface area (Å²) in [5.41, 5.74) is 0.702. The van der Waals surface area contributed by atoms with Gasteiger partial charge in [0.15, 0.2) is 0 Å². The fourth-order valence-electron chi connectivity index (χ4n) is 3.90. The summed E-state index contributed by atoms with van der Waals surface area (Å²) >= 11 is 0. The van der Waals surface area contributed by atoms with Crippen LogP contribution in [-0.2, 0) is 9.59 Å². The molecule has 1 aromatic carbocycles. The van der Waals surface area contributed by atoms with E-state index in [0.29, 0.717) is 43.5 Å². The number of rotatable bonds is 5. The van der Waals surface area contributed by atoms with Gasteiger partial charge in [0.2, 0.25) is 11.8 Å². The quantitative estimate of drug-likeness (QED) is 0.784. The van der Waals surface area contributed by atoms with Crippen LogP contribution in [0, 0.1) is 5.92 Å². The fourth-order valence-corrected chi connectivity index (χ4v) is 3.90. The lowest BCUT2D eigenvalue weighted by atomic mass is 9.99. The van der Waals surface area contributed by atoms with Crippen LogP contribution in [0.5, 0.6) is 0 Å². The van der Waals surface area contributed by atoms with Crippen molar-refractivity contribution >= 4 is 23.6 Å². The number of hydrogen-bond donors (Lipinski definition) is 1. The van der Waals surface area contributed by atoms with Crippen molar-refractivity contribution in [1.29, 1.82) is 0 Å². The van der Waals surface area contributed by atoms with Gasteiger partial charge in [-0.2, -0.15) is 0 Å². The molecule has 2 aliphatic rings. The number of nitrogens with one attached hydrogen (secondary N) is 1. The molecule has 7 heteroatoms. The highest BCUT2D eigenvalue weighted by atomic mass is 16.2. The molecule has 0 spiro atoms. The minimum atomic E-state index is -0.835. The molecular weight excluding hydrogens is 358 g/mol. The van der Waals surface area contributed by atoms with E-state index in [2.05, 4.69) is 5.32 Å². The number of benzene rings is 1. The number of fused-ring (bicyclic) bond motifs is 1. The Balaban J connectivity index is 1.74. The van der Waals surface area contributed by atoms with Crippen molar-refractivity contribution in [2.45, 2.75) is 52.1 Å². The van der Waals surface area contributed by atoms with Gasteiger partial charge >= 0.3 is 0 Å².